The summed E-state index contributed by atoms with van der Waals surface area (Å²) in [5.74, 6) is 1.55. The van der Waals surface area contributed by atoms with Crippen molar-refractivity contribution in [1.29, 1.82) is 0 Å². The summed E-state index contributed by atoms with van der Waals surface area (Å²) in [7, 11) is 1.70. The fourth-order valence-corrected chi connectivity index (χ4v) is 4.60. The van der Waals surface area contributed by atoms with Crippen molar-refractivity contribution in [2.24, 2.45) is 11.3 Å². The molecule has 1 aromatic carbocycles. The highest BCUT2D eigenvalue weighted by molar-refractivity contribution is 5.85. The van der Waals surface area contributed by atoms with Crippen molar-refractivity contribution in [3.63, 3.8) is 0 Å². The van der Waals surface area contributed by atoms with E-state index in [4.69, 9.17) is 4.74 Å². The molecule has 1 spiro atoms. The number of likely N-dealkylation sites (tertiary alicyclic amines) is 1. The zero-order chi connectivity index (χ0) is 15.9. The van der Waals surface area contributed by atoms with E-state index in [0.29, 0.717) is 11.3 Å². The van der Waals surface area contributed by atoms with E-state index in [1.807, 2.05) is 12.1 Å². The van der Waals surface area contributed by atoms with Gasteiger partial charge in [-0.2, -0.15) is 0 Å². The van der Waals surface area contributed by atoms with E-state index in [2.05, 4.69) is 22.3 Å². The van der Waals surface area contributed by atoms with Crippen molar-refractivity contribution in [2.45, 2.75) is 38.1 Å². The van der Waals surface area contributed by atoms with Crippen LogP contribution in [0.5, 0.6) is 5.75 Å². The molecule has 1 aliphatic carbocycles. The summed E-state index contributed by atoms with van der Waals surface area (Å²) in [6, 6.07) is 8.45. The van der Waals surface area contributed by atoms with Crippen LogP contribution >= 0.6 is 12.4 Å². The standard InChI is InChI=1S/C19H26N2O2.ClH/c1-23-15-5-2-4-14(12-15)17-6-3-11-21(17)18(22)16-13-19(16)7-9-20-10-8-19;/h2,4-5,12,16-17,20H,3,6-11,13H2,1H3;1H. The first kappa shape index (κ1) is 17.6. The normalized spacial score (nSPS) is 27.6. The molecular weight excluding hydrogens is 324 g/mol. The molecule has 4 nitrogen and oxygen atoms in total. The van der Waals surface area contributed by atoms with Crippen LogP contribution in [0.3, 0.4) is 0 Å². The molecule has 132 valence electrons. The van der Waals surface area contributed by atoms with Crippen molar-refractivity contribution in [2.75, 3.05) is 26.7 Å². The number of nitrogens with zero attached hydrogens (tertiary/aromatic N) is 1. The molecule has 2 saturated heterocycles. The Morgan fingerprint density at radius 3 is 2.88 bits per heavy atom. The molecule has 0 radical (unpaired) electrons. The van der Waals surface area contributed by atoms with Gasteiger partial charge in [0, 0.05) is 12.5 Å². The van der Waals surface area contributed by atoms with Gasteiger partial charge in [-0.3, -0.25) is 4.79 Å². The third-order valence-corrected chi connectivity index (χ3v) is 6.10. The van der Waals surface area contributed by atoms with Gasteiger partial charge in [0.25, 0.3) is 0 Å². The Morgan fingerprint density at radius 2 is 2.12 bits per heavy atom. The summed E-state index contributed by atoms with van der Waals surface area (Å²) in [6.45, 7) is 3.05. The molecule has 0 bridgehead atoms. The number of methoxy groups -OCH3 is 1. The summed E-state index contributed by atoms with van der Waals surface area (Å²) >= 11 is 0. The van der Waals surface area contributed by atoms with E-state index < -0.39 is 0 Å². The molecule has 3 fully saturated rings. The molecule has 4 rings (SSSR count). The molecule has 3 aliphatic rings. The predicted octanol–water partition coefficient (Wildman–Crippen LogP) is 3.17. The van der Waals surface area contributed by atoms with Gasteiger partial charge in [-0.1, -0.05) is 12.1 Å². The first-order valence-electron chi connectivity index (χ1n) is 8.89. The maximum absolute atomic E-state index is 13.1. The average Bonchev–Trinajstić information content (AvgIpc) is 3.07. The van der Waals surface area contributed by atoms with Gasteiger partial charge in [0.2, 0.25) is 5.91 Å². The van der Waals surface area contributed by atoms with E-state index in [-0.39, 0.29) is 24.4 Å². The van der Waals surface area contributed by atoms with Crippen LogP contribution < -0.4 is 10.1 Å². The molecule has 24 heavy (non-hydrogen) atoms. The van der Waals surface area contributed by atoms with Crippen molar-refractivity contribution in [3.8, 4) is 5.75 Å². The first-order chi connectivity index (χ1) is 11.2. The lowest BCUT2D eigenvalue weighted by molar-refractivity contribution is -0.134. The highest BCUT2D eigenvalue weighted by atomic mass is 35.5. The fourth-order valence-electron chi connectivity index (χ4n) is 4.60. The first-order valence-corrected chi connectivity index (χ1v) is 8.89. The van der Waals surface area contributed by atoms with E-state index in [1.54, 1.807) is 7.11 Å². The summed E-state index contributed by atoms with van der Waals surface area (Å²) in [5, 5.41) is 3.42. The number of piperidine rings is 1. The second-order valence-electron chi connectivity index (χ2n) is 7.34. The molecule has 2 unspecified atom stereocenters. The van der Waals surface area contributed by atoms with Crippen LogP contribution in [0, 0.1) is 11.3 Å². The number of hydrogen-bond acceptors (Lipinski definition) is 3. The number of carbonyl (C=O) groups excluding carboxylic acids is 1. The van der Waals surface area contributed by atoms with Gasteiger partial charge < -0.3 is 15.0 Å². The Bertz CT molecular complexity index is 601. The maximum atomic E-state index is 13.1. The Kier molecular flexibility index (Phi) is 5.07. The third kappa shape index (κ3) is 3.02. The van der Waals surface area contributed by atoms with E-state index in [0.717, 1.165) is 44.6 Å². The number of nitrogens with one attached hydrogen (secondary N) is 1. The number of rotatable bonds is 3. The van der Waals surface area contributed by atoms with Gasteiger partial charge in [0.15, 0.2) is 0 Å². The van der Waals surface area contributed by atoms with Crippen LogP contribution in [0.15, 0.2) is 24.3 Å². The molecule has 2 aliphatic heterocycles. The largest absolute Gasteiger partial charge is 0.497 e. The highest BCUT2D eigenvalue weighted by Gasteiger charge is 2.59. The smallest absolute Gasteiger partial charge is 0.226 e. The van der Waals surface area contributed by atoms with E-state index in [1.165, 1.54) is 18.4 Å². The van der Waals surface area contributed by atoms with Gasteiger partial charge in [-0.25, -0.2) is 0 Å². The fraction of sp³-hybridized carbons (Fsp3) is 0.632. The van der Waals surface area contributed by atoms with Gasteiger partial charge in [-0.05, 0) is 68.3 Å². The quantitative estimate of drug-likeness (QED) is 0.910. The molecule has 1 amide bonds. The summed E-state index contributed by atoms with van der Waals surface area (Å²) in [5.41, 5.74) is 1.54. The molecule has 0 aromatic heterocycles. The third-order valence-electron chi connectivity index (χ3n) is 6.10. The zero-order valence-corrected chi connectivity index (χ0v) is 15.1. The van der Waals surface area contributed by atoms with E-state index >= 15 is 0 Å². The molecule has 1 N–H and O–H groups in total. The predicted molar refractivity (Wildman–Crippen MR) is 96.6 cm³/mol. The molecule has 1 saturated carbocycles. The number of carbonyl (C=O) groups is 1. The van der Waals surface area contributed by atoms with Gasteiger partial charge in [0.05, 0.1) is 13.2 Å². The zero-order valence-electron chi connectivity index (χ0n) is 14.3. The van der Waals surface area contributed by atoms with Crippen molar-refractivity contribution >= 4 is 18.3 Å². The maximum Gasteiger partial charge on any atom is 0.226 e. The minimum Gasteiger partial charge on any atom is -0.497 e. The lowest BCUT2D eigenvalue weighted by atomic mass is 9.91. The van der Waals surface area contributed by atoms with Gasteiger partial charge in [0.1, 0.15) is 5.75 Å². The van der Waals surface area contributed by atoms with Crippen molar-refractivity contribution in [3.05, 3.63) is 29.8 Å². The van der Waals surface area contributed by atoms with Gasteiger partial charge in [-0.15, -0.1) is 12.4 Å². The number of amides is 1. The van der Waals surface area contributed by atoms with Crippen LogP contribution in [-0.4, -0.2) is 37.6 Å². The monoisotopic (exact) mass is 350 g/mol. The van der Waals surface area contributed by atoms with Gasteiger partial charge >= 0.3 is 0 Å². The lowest BCUT2D eigenvalue weighted by Crippen LogP contribution is -2.36. The minimum absolute atomic E-state index is 0. The second-order valence-corrected chi connectivity index (χ2v) is 7.34. The number of ether oxygens (including phenoxy) is 1. The summed E-state index contributed by atoms with van der Waals surface area (Å²) < 4.78 is 5.35. The molecule has 2 atom stereocenters. The minimum atomic E-state index is 0. The SMILES string of the molecule is COc1cccc(C2CCCN2C(=O)C2CC23CCNCC3)c1.Cl. The van der Waals surface area contributed by atoms with Crippen molar-refractivity contribution in [1.82, 2.24) is 10.2 Å². The number of hydrogen-bond donors (Lipinski definition) is 1. The highest BCUT2D eigenvalue weighted by Crippen LogP contribution is 2.59. The van der Waals surface area contributed by atoms with Crippen molar-refractivity contribution < 1.29 is 9.53 Å². The van der Waals surface area contributed by atoms with Crippen LogP contribution in [0.4, 0.5) is 0 Å². The topological polar surface area (TPSA) is 41.6 Å². The lowest BCUT2D eigenvalue weighted by Gasteiger charge is -2.28. The van der Waals surface area contributed by atoms with Crippen LogP contribution in [0.1, 0.15) is 43.7 Å². The molecule has 5 heteroatoms. The average molecular weight is 351 g/mol. The van der Waals surface area contributed by atoms with E-state index in [9.17, 15) is 4.79 Å². The Hall–Kier alpha value is -1.26. The number of benzene rings is 1. The molecule has 2 heterocycles. The number of halogens is 1. The Labute approximate surface area is 150 Å². The second kappa shape index (κ2) is 6.93. The Morgan fingerprint density at radius 1 is 1.33 bits per heavy atom. The van der Waals surface area contributed by atoms with Crippen LogP contribution in [0.25, 0.3) is 0 Å². The molecule has 1 aromatic rings. The summed E-state index contributed by atoms with van der Waals surface area (Å²) in [6.07, 6.45) is 5.62. The van der Waals surface area contributed by atoms with Crippen LogP contribution in [0.2, 0.25) is 0 Å². The Balaban J connectivity index is 0.00000169. The van der Waals surface area contributed by atoms with Crippen LogP contribution in [-0.2, 0) is 4.79 Å². The summed E-state index contributed by atoms with van der Waals surface area (Å²) in [4.78, 5) is 15.2. The molecular formula is C19H27ClN2O2.